The Morgan fingerprint density at radius 2 is 1.85 bits per heavy atom. The summed E-state index contributed by atoms with van der Waals surface area (Å²) >= 11 is 0. The van der Waals surface area contributed by atoms with E-state index < -0.39 is 12.2 Å². The predicted octanol–water partition coefficient (Wildman–Crippen LogP) is 1.11. The van der Waals surface area contributed by atoms with Crippen molar-refractivity contribution in [2.24, 2.45) is 0 Å². The summed E-state index contributed by atoms with van der Waals surface area (Å²) in [6.45, 7) is 1.54. The molecule has 3 heteroatoms. The van der Waals surface area contributed by atoms with E-state index in [1.807, 2.05) is 6.07 Å². The van der Waals surface area contributed by atoms with Gasteiger partial charge in [-0.15, -0.1) is 0 Å². The zero-order valence-corrected chi connectivity index (χ0v) is 7.77. The van der Waals surface area contributed by atoms with Crippen LogP contribution in [-0.4, -0.2) is 23.4 Å². The Labute approximate surface area is 77.6 Å². The van der Waals surface area contributed by atoms with E-state index in [0.29, 0.717) is 11.3 Å². The molecule has 0 radical (unpaired) electrons. The molecule has 13 heavy (non-hydrogen) atoms. The van der Waals surface area contributed by atoms with Crippen LogP contribution in [0.3, 0.4) is 0 Å². The van der Waals surface area contributed by atoms with E-state index in [2.05, 4.69) is 0 Å². The zero-order valence-electron chi connectivity index (χ0n) is 7.77. The molecule has 0 heterocycles. The van der Waals surface area contributed by atoms with E-state index in [-0.39, 0.29) is 0 Å². The molecule has 0 aliphatic rings. The van der Waals surface area contributed by atoms with Crippen LogP contribution in [0.15, 0.2) is 24.3 Å². The molecule has 0 saturated carbocycles. The van der Waals surface area contributed by atoms with E-state index in [0.717, 1.165) is 0 Å². The average molecular weight is 182 g/mol. The molecule has 0 amide bonds. The van der Waals surface area contributed by atoms with E-state index in [1.165, 1.54) is 14.0 Å². The van der Waals surface area contributed by atoms with Crippen molar-refractivity contribution in [3.05, 3.63) is 29.8 Å². The quantitative estimate of drug-likeness (QED) is 0.736. The monoisotopic (exact) mass is 182 g/mol. The average Bonchev–Trinajstić information content (AvgIpc) is 2.16. The number of rotatable bonds is 3. The largest absolute Gasteiger partial charge is 0.496 e. The fourth-order valence-electron chi connectivity index (χ4n) is 1.17. The van der Waals surface area contributed by atoms with Gasteiger partial charge in [-0.2, -0.15) is 0 Å². The summed E-state index contributed by atoms with van der Waals surface area (Å²) in [6, 6.07) is 7.09. The molecule has 1 aromatic rings. The molecule has 1 aromatic carbocycles. The summed E-state index contributed by atoms with van der Waals surface area (Å²) in [5.41, 5.74) is 0.611. The zero-order chi connectivity index (χ0) is 9.84. The number of aliphatic hydroxyl groups excluding tert-OH is 2. The second kappa shape index (κ2) is 4.25. The smallest absolute Gasteiger partial charge is 0.124 e. The summed E-state index contributed by atoms with van der Waals surface area (Å²) in [7, 11) is 1.54. The lowest BCUT2D eigenvalue weighted by Crippen LogP contribution is -2.14. The van der Waals surface area contributed by atoms with Gasteiger partial charge in [0, 0.05) is 5.56 Å². The first-order valence-electron chi connectivity index (χ1n) is 4.16. The van der Waals surface area contributed by atoms with Crippen LogP contribution in [0.25, 0.3) is 0 Å². The molecule has 72 valence electrons. The van der Waals surface area contributed by atoms with Gasteiger partial charge >= 0.3 is 0 Å². The molecule has 3 nitrogen and oxygen atoms in total. The number of ether oxygens (including phenoxy) is 1. The minimum atomic E-state index is -0.892. The first-order valence-corrected chi connectivity index (χ1v) is 4.16. The Balaban J connectivity index is 2.98. The maximum Gasteiger partial charge on any atom is 0.124 e. The van der Waals surface area contributed by atoms with Crippen molar-refractivity contribution >= 4 is 0 Å². The van der Waals surface area contributed by atoms with Crippen molar-refractivity contribution in [2.75, 3.05) is 7.11 Å². The highest BCUT2D eigenvalue weighted by Crippen LogP contribution is 2.26. The molecule has 2 N–H and O–H groups in total. The van der Waals surface area contributed by atoms with Crippen LogP contribution in [-0.2, 0) is 0 Å². The van der Waals surface area contributed by atoms with Crippen LogP contribution in [0.5, 0.6) is 5.75 Å². The summed E-state index contributed by atoms with van der Waals surface area (Å²) in [6.07, 6.45) is -1.69. The van der Waals surface area contributed by atoms with Gasteiger partial charge in [0.15, 0.2) is 0 Å². The molecule has 1 rings (SSSR count). The molecular formula is C10H14O3. The maximum absolute atomic E-state index is 9.58. The van der Waals surface area contributed by atoms with Crippen molar-refractivity contribution in [1.82, 2.24) is 0 Å². The third-order valence-electron chi connectivity index (χ3n) is 1.91. The number of aliphatic hydroxyl groups is 2. The van der Waals surface area contributed by atoms with Crippen LogP contribution >= 0.6 is 0 Å². The van der Waals surface area contributed by atoms with Gasteiger partial charge in [0.1, 0.15) is 11.9 Å². The standard InChI is InChI=1S/C10H14O3/c1-7(11)10(12)8-5-3-4-6-9(8)13-2/h3-7,10-12H,1-2H3/t7-,10+/m0/s1. The number of methoxy groups -OCH3 is 1. The van der Waals surface area contributed by atoms with Gasteiger partial charge in [-0.3, -0.25) is 0 Å². The Kier molecular flexibility index (Phi) is 3.28. The van der Waals surface area contributed by atoms with Crippen molar-refractivity contribution in [2.45, 2.75) is 19.1 Å². The SMILES string of the molecule is COc1ccccc1[C@H](O)[C@H](C)O. The van der Waals surface area contributed by atoms with Crippen LogP contribution < -0.4 is 4.74 Å². The van der Waals surface area contributed by atoms with E-state index in [9.17, 15) is 10.2 Å². The predicted molar refractivity (Wildman–Crippen MR) is 49.6 cm³/mol. The van der Waals surface area contributed by atoms with E-state index >= 15 is 0 Å². The van der Waals surface area contributed by atoms with Gasteiger partial charge in [-0.1, -0.05) is 18.2 Å². The molecular weight excluding hydrogens is 168 g/mol. The molecule has 0 spiro atoms. The summed E-state index contributed by atoms with van der Waals surface area (Å²) in [5, 5.41) is 18.8. The fraction of sp³-hybridized carbons (Fsp3) is 0.400. The third-order valence-corrected chi connectivity index (χ3v) is 1.91. The molecule has 0 aromatic heterocycles. The van der Waals surface area contributed by atoms with Gasteiger partial charge in [-0.05, 0) is 13.0 Å². The summed E-state index contributed by atoms with van der Waals surface area (Å²) < 4.78 is 5.05. The molecule has 0 saturated heterocycles. The Bertz CT molecular complexity index is 271. The Hall–Kier alpha value is -1.06. The summed E-state index contributed by atoms with van der Waals surface area (Å²) in [5.74, 6) is 0.593. The van der Waals surface area contributed by atoms with E-state index in [1.54, 1.807) is 18.2 Å². The maximum atomic E-state index is 9.58. The Morgan fingerprint density at radius 3 is 2.38 bits per heavy atom. The number of para-hydroxylation sites is 1. The highest BCUT2D eigenvalue weighted by molar-refractivity contribution is 5.35. The van der Waals surface area contributed by atoms with Crippen LogP contribution in [0.4, 0.5) is 0 Å². The molecule has 0 fully saturated rings. The number of hydrogen-bond donors (Lipinski definition) is 2. The van der Waals surface area contributed by atoms with Crippen molar-refractivity contribution in [3.8, 4) is 5.75 Å². The topological polar surface area (TPSA) is 49.7 Å². The third kappa shape index (κ3) is 2.20. The van der Waals surface area contributed by atoms with Crippen LogP contribution in [0.2, 0.25) is 0 Å². The van der Waals surface area contributed by atoms with Gasteiger partial charge in [0.05, 0.1) is 13.2 Å². The molecule has 0 bridgehead atoms. The van der Waals surface area contributed by atoms with Crippen molar-refractivity contribution in [3.63, 3.8) is 0 Å². The first-order chi connectivity index (χ1) is 6.16. The van der Waals surface area contributed by atoms with Gasteiger partial charge in [-0.25, -0.2) is 0 Å². The second-order valence-electron chi connectivity index (χ2n) is 2.93. The lowest BCUT2D eigenvalue weighted by molar-refractivity contribution is 0.0290. The Morgan fingerprint density at radius 1 is 1.23 bits per heavy atom. The van der Waals surface area contributed by atoms with Crippen molar-refractivity contribution < 1.29 is 14.9 Å². The second-order valence-corrected chi connectivity index (χ2v) is 2.93. The van der Waals surface area contributed by atoms with Crippen molar-refractivity contribution in [1.29, 1.82) is 0 Å². The van der Waals surface area contributed by atoms with Gasteiger partial charge in [0.2, 0.25) is 0 Å². The van der Waals surface area contributed by atoms with Gasteiger partial charge < -0.3 is 14.9 Å². The highest BCUT2D eigenvalue weighted by Gasteiger charge is 2.16. The van der Waals surface area contributed by atoms with Crippen LogP contribution in [0.1, 0.15) is 18.6 Å². The number of hydrogen-bond acceptors (Lipinski definition) is 3. The normalized spacial score (nSPS) is 15.1. The summed E-state index contributed by atoms with van der Waals surface area (Å²) in [4.78, 5) is 0. The van der Waals surface area contributed by atoms with Crippen LogP contribution in [0, 0.1) is 0 Å². The molecule has 0 aliphatic carbocycles. The highest BCUT2D eigenvalue weighted by atomic mass is 16.5. The minimum Gasteiger partial charge on any atom is -0.496 e. The van der Waals surface area contributed by atoms with Gasteiger partial charge in [0.25, 0.3) is 0 Å². The molecule has 2 atom stereocenters. The lowest BCUT2D eigenvalue weighted by atomic mass is 10.0. The number of benzene rings is 1. The van der Waals surface area contributed by atoms with E-state index in [4.69, 9.17) is 4.74 Å². The lowest BCUT2D eigenvalue weighted by Gasteiger charge is -2.16. The first kappa shape index (κ1) is 10.0. The minimum absolute atomic E-state index is 0.593. The molecule has 0 aliphatic heterocycles. The molecule has 0 unspecified atom stereocenters. The fourth-order valence-corrected chi connectivity index (χ4v) is 1.17.